The van der Waals surface area contributed by atoms with Gasteiger partial charge in [0.05, 0.1) is 5.92 Å². The van der Waals surface area contributed by atoms with Crippen molar-refractivity contribution in [2.24, 2.45) is 0 Å². The van der Waals surface area contributed by atoms with Gasteiger partial charge in [-0.15, -0.1) is 0 Å². The third-order valence-corrected chi connectivity index (χ3v) is 3.90. The highest BCUT2D eigenvalue weighted by atomic mass is 16.5. The first-order chi connectivity index (χ1) is 11.2. The molecule has 3 nitrogen and oxygen atoms in total. The van der Waals surface area contributed by atoms with Crippen LogP contribution in [-0.2, 0) is 11.2 Å². The van der Waals surface area contributed by atoms with Gasteiger partial charge < -0.3 is 9.84 Å². The van der Waals surface area contributed by atoms with E-state index in [1.807, 2.05) is 77.1 Å². The molecule has 0 aliphatic rings. The van der Waals surface area contributed by atoms with Crippen molar-refractivity contribution in [1.29, 1.82) is 0 Å². The summed E-state index contributed by atoms with van der Waals surface area (Å²) >= 11 is 0. The molecule has 0 amide bonds. The van der Waals surface area contributed by atoms with E-state index >= 15 is 0 Å². The molecule has 0 saturated heterocycles. The highest BCUT2D eigenvalue weighted by Crippen LogP contribution is 2.27. The van der Waals surface area contributed by atoms with Gasteiger partial charge in [0.15, 0.2) is 0 Å². The molecule has 0 fully saturated rings. The highest BCUT2D eigenvalue weighted by molar-refractivity contribution is 5.77. The third-order valence-electron chi connectivity index (χ3n) is 3.90. The molecule has 0 bridgehead atoms. The van der Waals surface area contributed by atoms with Crippen LogP contribution in [0, 0.1) is 13.8 Å². The normalized spacial score (nSPS) is 12.7. The summed E-state index contributed by atoms with van der Waals surface area (Å²) in [7, 11) is 0. The van der Waals surface area contributed by atoms with Crippen molar-refractivity contribution in [2.75, 3.05) is 0 Å². The first-order valence-electron chi connectivity index (χ1n) is 8.23. The molecule has 0 spiro atoms. The Morgan fingerprint density at radius 2 is 1.71 bits per heavy atom. The Morgan fingerprint density at radius 1 is 1.08 bits per heavy atom. The van der Waals surface area contributed by atoms with Crippen molar-refractivity contribution in [3.05, 3.63) is 64.7 Å². The number of rotatable bonds is 5. The van der Waals surface area contributed by atoms with E-state index in [0.717, 1.165) is 28.0 Å². The van der Waals surface area contributed by atoms with Crippen molar-refractivity contribution in [3.63, 3.8) is 0 Å². The van der Waals surface area contributed by atoms with Gasteiger partial charge in [-0.3, -0.25) is 4.79 Å². The van der Waals surface area contributed by atoms with E-state index in [0.29, 0.717) is 6.42 Å². The topological polar surface area (TPSA) is 46.5 Å². The number of hydrogen-bond donors (Lipinski definition) is 1. The quantitative estimate of drug-likeness (QED) is 0.851. The maximum atomic E-state index is 11.8. The van der Waals surface area contributed by atoms with Gasteiger partial charge in [0.1, 0.15) is 11.4 Å². The first kappa shape index (κ1) is 18.1. The SMILES string of the molecule is Cc1ccc(C)c(C(Cc2ccc(OC(C)(C)C)cc2)C(=O)O)c1. The summed E-state index contributed by atoms with van der Waals surface area (Å²) in [5.41, 5.74) is 3.72. The van der Waals surface area contributed by atoms with Crippen LogP contribution in [0.5, 0.6) is 5.75 Å². The Morgan fingerprint density at radius 3 is 2.25 bits per heavy atom. The van der Waals surface area contributed by atoms with E-state index in [2.05, 4.69) is 0 Å². The molecule has 1 atom stereocenters. The van der Waals surface area contributed by atoms with Crippen molar-refractivity contribution >= 4 is 5.97 Å². The Balaban J connectivity index is 2.22. The minimum Gasteiger partial charge on any atom is -0.488 e. The molecule has 128 valence electrons. The summed E-state index contributed by atoms with van der Waals surface area (Å²) in [5.74, 6) is -0.539. The molecule has 0 aliphatic heterocycles. The van der Waals surface area contributed by atoms with Gasteiger partial charge in [-0.1, -0.05) is 35.9 Å². The van der Waals surface area contributed by atoms with E-state index < -0.39 is 11.9 Å². The molecule has 0 saturated carbocycles. The molecule has 1 unspecified atom stereocenters. The molecule has 2 aromatic rings. The maximum Gasteiger partial charge on any atom is 0.311 e. The van der Waals surface area contributed by atoms with Crippen LogP contribution < -0.4 is 4.74 Å². The standard InChI is InChI=1S/C21H26O3/c1-14-6-7-15(2)18(12-14)19(20(22)23)13-16-8-10-17(11-9-16)24-21(3,4)5/h6-12,19H,13H2,1-5H3,(H,22,23). The summed E-state index contributed by atoms with van der Waals surface area (Å²) in [6.45, 7) is 9.96. The molecule has 0 radical (unpaired) electrons. The van der Waals surface area contributed by atoms with Crippen LogP contribution >= 0.6 is 0 Å². The summed E-state index contributed by atoms with van der Waals surface area (Å²) < 4.78 is 5.81. The lowest BCUT2D eigenvalue weighted by atomic mass is 9.88. The van der Waals surface area contributed by atoms with Gasteiger partial charge in [0, 0.05) is 0 Å². The number of aliphatic carboxylic acids is 1. The lowest BCUT2D eigenvalue weighted by Gasteiger charge is -2.21. The van der Waals surface area contributed by atoms with E-state index in [1.54, 1.807) is 0 Å². The molecule has 0 heterocycles. The summed E-state index contributed by atoms with van der Waals surface area (Å²) in [5, 5.41) is 9.69. The Bertz CT molecular complexity index is 709. The number of ether oxygens (including phenoxy) is 1. The minimum atomic E-state index is -0.793. The number of hydrogen-bond acceptors (Lipinski definition) is 2. The zero-order chi connectivity index (χ0) is 17.9. The van der Waals surface area contributed by atoms with Crippen LogP contribution in [0.4, 0.5) is 0 Å². The molecular formula is C21H26O3. The van der Waals surface area contributed by atoms with Crippen LogP contribution in [0.25, 0.3) is 0 Å². The average molecular weight is 326 g/mol. The Kier molecular flexibility index (Phi) is 5.33. The second kappa shape index (κ2) is 7.08. The highest BCUT2D eigenvalue weighted by Gasteiger charge is 2.22. The first-order valence-corrected chi connectivity index (χ1v) is 8.23. The van der Waals surface area contributed by atoms with Gasteiger partial charge in [-0.25, -0.2) is 0 Å². The Hall–Kier alpha value is -2.29. The third kappa shape index (κ3) is 4.85. The molecular weight excluding hydrogens is 300 g/mol. The zero-order valence-electron chi connectivity index (χ0n) is 15.1. The largest absolute Gasteiger partial charge is 0.488 e. The van der Waals surface area contributed by atoms with Gasteiger partial charge in [0.2, 0.25) is 0 Å². The molecule has 1 N–H and O–H groups in total. The van der Waals surface area contributed by atoms with Gasteiger partial charge in [-0.2, -0.15) is 0 Å². The molecule has 3 heteroatoms. The predicted molar refractivity (Wildman–Crippen MR) is 96.8 cm³/mol. The number of carbonyl (C=O) groups is 1. The monoisotopic (exact) mass is 326 g/mol. The van der Waals surface area contributed by atoms with Crippen LogP contribution in [-0.4, -0.2) is 16.7 Å². The minimum absolute atomic E-state index is 0.246. The fourth-order valence-electron chi connectivity index (χ4n) is 2.75. The lowest BCUT2D eigenvalue weighted by Crippen LogP contribution is -2.22. The summed E-state index contributed by atoms with van der Waals surface area (Å²) in [6.07, 6.45) is 0.468. The summed E-state index contributed by atoms with van der Waals surface area (Å²) in [4.78, 5) is 11.8. The lowest BCUT2D eigenvalue weighted by molar-refractivity contribution is -0.138. The fraction of sp³-hybridized carbons (Fsp3) is 0.381. The van der Waals surface area contributed by atoms with Crippen molar-refractivity contribution in [1.82, 2.24) is 0 Å². The smallest absolute Gasteiger partial charge is 0.311 e. The van der Waals surface area contributed by atoms with E-state index in [9.17, 15) is 9.90 Å². The van der Waals surface area contributed by atoms with Crippen molar-refractivity contribution < 1.29 is 14.6 Å². The molecule has 24 heavy (non-hydrogen) atoms. The van der Waals surface area contributed by atoms with Crippen molar-refractivity contribution in [2.45, 2.75) is 52.6 Å². The van der Waals surface area contributed by atoms with E-state index in [1.165, 1.54) is 0 Å². The van der Waals surface area contributed by atoms with Crippen LogP contribution in [0.2, 0.25) is 0 Å². The second-order valence-corrected chi connectivity index (χ2v) is 7.31. The van der Waals surface area contributed by atoms with Crippen LogP contribution in [0.3, 0.4) is 0 Å². The Labute approximate surface area is 144 Å². The fourth-order valence-corrected chi connectivity index (χ4v) is 2.75. The molecule has 2 rings (SSSR count). The van der Waals surface area contributed by atoms with Gasteiger partial charge >= 0.3 is 5.97 Å². The van der Waals surface area contributed by atoms with Gasteiger partial charge in [-0.05, 0) is 69.9 Å². The zero-order valence-corrected chi connectivity index (χ0v) is 15.1. The maximum absolute atomic E-state index is 11.8. The molecule has 2 aromatic carbocycles. The van der Waals surface area contributed by atoms with Crippen LogP contribution in [0.15, 0.2) is 42.5 Å². The molecule has 0 aromatic heterocycles. The van der Waals surface area contributed by atoms with Gasteiger partial charge in [0.25, 0.3) is 0 Å². The number of benzene rings is 2. The van der Waals surface area contributed by atoms with Crippen molar-refractivity contribution in [3.8, 4) is 5.75 Å². The molecule has 0 aliphatic carbocycles. The predicted octanol–water partition coefficient (Wildman–Crippen LogP) is 4.89. The second-order valence-electron chi connectivity index (χ2n) is 7.31. The summed E-state index contributed by atoms with van der Waals surface area (Å²) in [6, 6.07) is 13.7. The number of carboxylic acid groups (broad SMARTS) is 1. The number of aryl methyl sites for hydroxylation is 2. The number of carboxylic acids is 1. The van der Waals surface area contributed by atoms with E-state index in [-0.39, 0.29) is 5.60 Å². The van der Waals surface area contributed by atoms with E-state index in [4.69, 9.17) is 4.74 Å². The average Bonchev–Trinajstić information content (AvgIpc) is 2.47. The van der Waals surface area contributed by atoms with Crippen LogP contribution in [0.1, 0.15) is 48.9 Å².